The highest BCUT2D eigenvalue weighted by atomic mass is 16.6. The zero-order chi connectivity index (χ0) is 42.8. The van der Waals surface area contributed by atoms with Crippen molar-refractivity contribution < 1.29 is 38.2 Å². The van der Waals surface area contributed by atoms with E-state index in [4.69, 9.17) is 14.2 Å². The van der Waals surface area contributed by atoms with Crippen LogP contribution in [0.25, 0.3) is 0 Å². The van der Waals surface area contributed by atoms with Gasteiger partial charge in [-0.05, 0) is 91.8 Å². The Morgan fingerprint density at radius 3 is 2.00 bits per heavy atom. The Balaban J connectivity index is 1.82. The van der Waals surface area contributed by atoms with Gasteiger partial charge in [-0.3, -0.25) is 24.1 Å². The van der Waals surface area contributed by atoms with Gasteiger partial charge in [0, 0.05) is 34.2 Å². The number of rotatable bonds is 19. The molecule has 1 saturated carbocycles. The quantitative estimate of drug-likeness (QED) is 0.192. The molecule has 1 aromatic rings. The molecule has 2 fully saturated rings. The monoisotopic (exact) mass is 800 g/mol. The molecule has 0 spiro atoms. The highest BCUT2D eigenvalue weighted by Gasteiger charge is 2.45. The molecule has 3 rings (SSSR count). The van der Waals surface area contributed by atoms with Gasteiger partial charge in [0.1, 0.15) is 17.7 Å². The number of amides is 4. The number of esters is 1. The van der Waals surface area contributed by atoms with Crippen LogP contribution in [0.4, 0.5) is 0 Å². The number of hydrogen-bond acceptors (Lipinski definition) is 9. The molecule has 1 aliphatic carbocycles. The summed E-state index contributed by atoms with van der Waals surface area (Å²) in [5, 5.41) is 5.97. The van der Waals surface area contributed by atoms with E-state index in [-0.39, 0.29) is 54.3 Å². The van der Waals surface area contributed by atoms with E-state index in [1.165, 1.54) is 0 Å². The van der Waals surface area contributed by atoms with E-state index in [1.807, 2.05) is 77.0 Å². The van der Waals surface area contributed by atoms with Gasteiger partial charge in [-0.2, -0.15) is 0 Å². The number of benzene rings is 1. The molecule has 13 heteroatoms. The first-order valence-corrected chi connectivity index (χ1v) is 20.8. The molecule has 13 nitrogen and oxygen atoms in total. The maximum absolute atomic E-state index is 14.4. The maximum atomic E-state index is 14.4. The molecule has 0 radical (unpaired) electrons. The fourth-order valence-electron chi connectivity index (χ4n) is 8.21. The van der Waals surface area contributed by atoms with Gasteiger partial charge in [0.25, 0.3) is 0 Å². The Hall–Kier alpha value is -3.55. The number of carbonyl (C=O) groups is 5. The van der Waals surface area contributed by atoms with Gasteiger partial charge in [0.15, 0.2) is 0 Å². The van der Waals surface area contributed by atoms with Crippen molar-refractivity contribution >= 4 is 29.6 Å². The largest absolute Gasteiger partial charge is 0.458 e. The highest BCUT2D eigenvalue weighted by Crippen LogP contribution is 2.35. The van der Waals surface area contributed by atoms with Gasteiger partial charge in [-0.25, -0.2) is 4.79 Å². The number of nitrogens with zero attached hydrogens (tertiary/aromatic N) is 3. The van der Waals surface area contributed by atoms with E-state index in [2.05, 4.69) is 10.6 Å². The lowest BCUT2D eigenvalue weighted by molar-refractivity contribution is -0.159. The summed E-state index contributed by atoms with van der Waals surface area (Å²) >= 11 is 0. The first-order chi connectivity index (χ1) is 26.6. The normalized spacial score (nSPS) is 19.8. The third-order valence-corrected chi connectivity index (χ3v) is 12.1. The lowest BCUT2D eigenvalue weighted by Crippen LogP contribution is -2.61. The topological polar surface area (TPSA) is 147 Å². The fourth-order valence-corrected chi connectivity index (χ4v) is 8.21. The summed E-state index contributed by atoms with van der Waals surface area (Å²) in [7, 11) is 8.56. The van der Waals surface area contributed by atoms with Crippen LogP contribution in [0.15, 0.2) is 30.3 Å². The first kappa shape index (κ1) is 47.8. The number of ether oxygens (including phenoxy) is 3. The standard InChI is InChI=1S/C44H73N5O8/c1-28(2)36(46-42(54)44(7,8)47(9)10)40(52)48(11)37(31-22-17-18-23-31)34(55-12)27-35(50)49-25-19-24-33(49)38(56-13)29(3)39(51)45-32(41(53)57-43(4,5)6)26-30-20-15-14-16-21-30/h14-16,20-21,28-29,31-34,36-38H,17-19,22-27H2,1-13H3,(H,45,51)(H,46,54)/t29-,32+,33+,34-,36+,37+,38-/m1/s1. The van der Waals surface area contributed by atoms with Crippen LogP contribution in [-0.2, 0) is 44.6 Å². The maximum Gasteiger partial charge on any atom is 0.329 e. The molecule has 1 aromatic carbocycles. The minimum Gasteiger partial charge on any atom is -0.458 e. The summed E-state index contributed by atoms with van der Waals surface area (Å²) in [5.74, 6) is -2.25. The Labute approximate surface area is 342 Å². The lowest BCUT2D eigenvalue weighted by atomic mass is 9.88. The van der Waals surface area contributed by atoms with Crippen molar-refractivity contribution in [3.8, 4) is 0 Å². The Kier molecular flexibility index (Phi) is 17.6. The van der Waals surface area contributed by atoms with Gasteiger partial charge in [0.2, 0.25) is 23.6 Å². The minimum absolute atomic E-state index is 0.0347. The summed E-state index contributed by atoms with van der Waals surface area (Å²) in [6.45, 7) is 15.1. The van der Waals surface area contributed by atoms with Crippen molar-refractivity contribution in [3.63, 3.8) is 0 Å². The van der Waals surface area contributed by atoms with Crippen LogP contribution >= 0.6 is 0 Å². The van der Waals surface area contributed by atoms with E-state index >= 15 is 0 Å². The van der Waals surface area contributed by atoms with E-state index in [0.29, 0.717) is 13.0 Å². The van der Waals surface area contributed by atoms with Crippen molar-refractivity contribution in [3.05, 3.63) is 35.9 Å². The minimum atomic E-state index is -0.918. The van der Waals surface area contributed by atoms with Crippen molar-refractivity contribution in [2.75, 3.05) is 41.9 Å². The smallest absolute Gasteiger partial charge is 0.329 e. The van der Waals surface area contributed by atoms with Crippen LogP contribution in [0.2, 0.25) is 0 Å². The molecule has 2 aliphatic rings. The second-order valence-electron chi connectivity index (χ2n) is 18.2. The van der Waals surface area contributed by atoms with Crippen LogP contribution in [0, 0.1) is 17.8 Å². The molecule has 4 amide bonds. The van der Waals surface area contributed by atoms with Gasteiger partial charge >= 0.3 is 5.97 Å². The van der Waals surface area contributed by atoms with Crippen LogP contribution in [-0.4, -0.2) is 134 Å². The zero-order valence-corrected chi connectivity index (χ0v) is 37.1. The molecule has 57 heavy (non-hydrogen) atoms. The van der Waals surface area contributed by atoms with Crippen molar-refractivity contribution in [1.29, 1.82) is 0 Å². The Bertz CT molecular complexity index is 1490. The summed E-state index contributed by atoms with van der Waals surface area (Å²) in [6, 6.07) is 6.99. The second kappa shape index (κ2) is 20.9. The molecule has 1 saturated heterocycles. The highest BCUT2D eigenvalue weighted by molar-refractivity contribution is 5.92. The molecule has 322 valence electrons. The predicted octanol–water partition coefficient (Wildman–Crippen LogP) is 4.60. The number of likely N-dealkylation sites (tertiary alicyclic amines) is 1. The molecule has 0 bridgehead atoms. The number of likely N-dealkylation sites (N-methyl/N-ethyl adjacent to an activating group) is 2. The number of hydrogen-bond donors (Lipinski definition) is 2. The van der Waals surface area contributed by atoms with Gasteiger partial charge < -0.3 is 34.6 Å². The van der Waals surface area contributed by atoms with Crippen molar-refractivity contribution in [2.45, 2.75) is 154 Å². The summed E-state index contributed by atoms with van der Waals surface area (Å²) in [6.07, 6.45) is 4.28. The fraction of sp³-hybridized carbons (Fsp3) is 0.750. The zero-order valence-electron chi connectivity index (χ0n) is 37.1. The van der Waals surface area contributed by atoms with Crippen LogP contribution in [0.5, 0.6) is 0 Å². The molecule has 1 heterocycles. The molecular weight excluding hydrogens is 727 g/mol. The molecule has 1 aliphatic heterocycles. The SMILES string of the molecule is CO[C@H]([C@@H](C)C(=O)N[C@@H](Cc1ccccc1)C(=O)OC(C)(C)C)[C@@H]1CCCN1C(=O)C[C@@H](OC)[C@H](C1CCCC1)N(C)C(=O)[C@@H](NC(=O)C(C)(C)N(C)C)C(C)C. The molecular formula is C44H73N5O8. The number of carbonyl (C=O) groups excluding carboxylic acids is 5. The number of nitrogens with one attached hydrogen (secondary N) is 2. The molecule has 2 N–H and O–H groups in total. The van der Waals surface area contributed by atoms with E-state index in [9.17, 15) is 24.0 Å². The first-order valence-electron chi connectivity index (χ1n) is 20.8. The summed E-state index contributed by atoms with van der Waals surface area (Å²) in [4.78, 5) is 74.7. The average molecular weight is 800 g/mol. The Morgan fingerprint density at radius 2 is 1.47 bits per heavy atom. The van der Waals surface area contributed by atoms with Gasteiger partial charge in [-0.15, -0.1) is 0 Å². The van der Waals surface area contributed by atoms with Crippen molar-refractivity contribution in [1.82, 2.24) is 25.3 Å². The third-order valence-electron chi connectivity index (χ3n) is 12.1. The molecule has 7 atom stereocenters. The van der Waals surface area contributed by atoms with E-state index < -0.39 is 53.4 Å². The second-order valence-corrected chi connectivity index (χ2v) is 18.2. The third kappa shape index (κ3) is 12.7. The average Bonchev–Trinajstić information content (AvgIpc) is 3.86. The van der Waals surface area contributed by atoms with E-state index in [0.717, 1.165) is 37.7 Å². The van der Waals surface area contributed by atoms with Crippen molar-refractivity contribution in [2.24, 2.45) is 17.8 Å². The molecule has 0 unspecified atom stereocenters. The lowest BCUT2D eigenvalue weighted by Gasteiger charge is -2.41. The van der Waals surface area contributed by atoms with E-state index in [1.54, 1.807) is 58.8 Å². The van der Waals surface area contributed by atoms with Gasteiger partial charge in [0.05, 0.1) is 42.2 Å². The summed E-state index contributed by atoms with van der Waals surface area (Å²) in [5.41, 5.74) is -0.688. The van der Waals surface area contributed by atoms with Crippen LogP contribution in [0.3, 0.4) is 0 Å². The summed E-state index contributed by atoms with van der Waals surface area (Å²) < 4.78 is 17.8. The van der Waals surface area contributed by atoms with Gasteiger partial charge in [-0.1, -0.05) is 63.9 Å². The Morgan fingerprint density at radius 1 is 0.860 bits per heavy atom. The van der Waals surface area contributed by atoms with Crippen LogP contribution < -0.4 is 10.6 Å². The number of methoxy groups -OCH3 is 2. The molecule has 0 aromatic heterocycles. The predicted molar refractivity (Wildman–Crippen MR) is 221 cm³/mol. The van der Waals surface area contributed by atoms with Crippen LogP contribution in [0.1, 0.15) is 106 Å².